The smallest absolute Gasteiger partial charge is 0.147 e. The fourth-order valence-electron chi connectivity index (χ4n) is 3.78. The molecule has 0 amide bonds. The number of fused-ring (bicyclic) bond motifs is 2. The molecule has 0 saturated carbocycles. The molecule has 9 heteroatoms. The Bertz CT molecular complexity index is 1300. The summed E-state index contributed by atoms with van der Waals surface area (Å²) < 4.78 is 7.41. The van der Waals surface area contributed by atoms with Gasteiger partial charge in [0.1, 0.15) is 36.2 Å². The number of aliphatic hydroxyl groups excluding tert-OH is 4. The molecule has 4 aromatic rings. The van der Waals surface area contributed by atoms with E-state index in [0.29, 0.717) is 5.56 Å². The molecule has 9 nitrogen and oxygen atoms in total. The summed E-state index contributed by atoms with van der Waals surface area (Å²) in [5, 5.41) is 47.4. The highest BCUT2D eigenvalue weighted by molar-refractivity contribution is 5.89. The van der Waals surface area contributed by atoms with Crippen molar-refractivity contribution in [2.24, 2.45) is 0 Å². The number of aliphatic hydroxyl groups is 4. The maximum absolute atomic E-state index is 10.2. The monoisotopic (exact) mass is 420 g/mol. The number of nitrogens with one attached hydrogen (secondary N) is 1. The number of aromatic nitrogens is 4. The minimum absolute atomic E-state index is 0.500. The zero-order valence-electron chi connectivity index (χ0n) is 16.3. The summed E-state index contributed by atoms with van der Waals surface area (Å²) in [5.74, 6) is 5.82. The predicted octanol–water partition coefficient (Wildman–Crippen LogP) is 0.0715. The van der Waals surface area contributed by atoms with E-state index in [2.05, 4.69) is 27.0 Å². The molecule has 1 aromatic carbocycles. The molecule has 1 fully saturated rings. The van der Waals surface area contributed by atoms with Crippen LogP contribution in [-0.2, 0) is 4.74 Å². The third-order valence-electron chi connectivity index (χ3n) is 5.51. The molecule has 0 unspecified atom stereocenters. The highest BCUT2D eigenvalue weighted by atomic mass is 16.5. The average molecular weight is 420 g/mol. The standard InChI is InChI=1S/C22H20N4O5/c27-11-17-21(29)22(30)20(28)16(31-17)3-1-12-7-14(8-15-9-24-25-19(12)15)13-2-4-18-23-5-6-26(18)10-13/h2,4-10,16-17,20-22,27-30H,11H2,(H,24,25)/t16-,17-,20-,21-,22-/m1/s1. The summed E-state index contributed by atoms with van der Waals surface area (Å²) >= 11 is 0. The van der Waals surface area contributed by atoms with Crippen LogP contribution in [-0.4, -0.2) is 77.1 Å². The number of nitrogens with zero attached hydrogens (tertiary/aromatic N) is 3. The highest BCUT2D eigenvalue weighted by Gasteiger charge is 2.42. The van der Waals surface area contributed by atoms with Gasteiger partial charge in [-0.15, -0.1) is 0 Å². The molecular weight excluding hydrogens is 400 g/mol. The van der Waals surface area contributed by atoms with Crippen LogP contribution in [0.2, 0.25) is 0 Å². The zero-order valence-corrected chi connectivity index (χ0v) is 16.3. The van der Waals surface area contributed by atoms with Crippen molar-refractivity contribution in [3.8, 4) is 23.0 Å². The van der Waals surface area contributed by atoms with E-state index >= 15 is 0 Å². The normalized spacial score (nSPS) is 26.1. The molecule has 31 heavy (non-hydrogen) atoms. The van der Waals surface area contributed by atoms with E-state index in [-0.39, 0.29) is 0 Å². The van der Waals surface area contributed by atoms with Crippen molar-refractivity contribution >= 4 is 16.6 Å². The number of benzene rings is 1. The van der Waals surface area contributed by atoms with Crippen molar-refractivity contribution in [1.29, 1.82) is 0 Å². The Morgan fingerprint density at radius 1 is 1.10 bits per heavy atom. The van der Waals surface area contributed by atoms with Gasteiger partial charge in [0.05, 0.1) is 23.9 Å². The molecule has 0 radical (unpaired) electrons. The Kier molecular flexibility index (Phi) is 4.94. The summed E-state index contributed by atoms with van der Waals surface area (Å²) in [5.41, 5.74) is 4.08. The number of aromatic amines is 1. The number of hydrogen-bond acceptors (Lipinski definition) is 7. The summed E-state index contributed by atoms with van der Waals surface area (Å²) in [4.78, 5) is 4.26. The van der Waals surface area contributed by atoms with Crippen molar-refractivity contribution in [1.82, 2.24) is 19.6 Å². The minimum Gasteiger partial charge on any atom is -0.394 e. The summed E-state index contributed by atoms with van der Waals surface area (Å²) in [6.07, 6.45) is 0.910. The van der Waals surface area contributed by atoms with Crippen LogP contribution in [0.5, 0.6) is 0 Å². The Balaban J connectivity index is 1.54. The number of ether oxygens (including phenoxy) is 1. The van der Waals surface area contributed by atoms with Gasteiger partial charge in [-0.2, -0.15) is 5.10 Å². The molecule has 1 aliphatic heterocycles. The van der Waals surface area contributed by atoms with Crippen molar-refractivity contribution in [2.45, 2.75) is 30.5 Å². The lowest BCUT2D eigenvalue weighted by molar-refractivity contribution is -0.214. The van der Waals surface area contributed by atoms with Gasteiger partial charge in [-0.3, -0.25) is 5.10 Å². The van der Waals surface area contributed by atoms with Gasteiger partial charge in [-0.25, -0.2) is 4.98 Å². The van der Waals surface area contributed by atoms with Crippen molar-refractivity contribution in [3.05, 3.63) is 54.6 Å². The number of rotatable bonds is 2. The Morgan fingerprint density at radius 2 is 1.97 bits per heavy atom. The number of hydrogen-bond donors (Lipinski definition) is 5. The molecule has 5 atom stereocenters. The van der Waals surface area contributed by atoms with Gasteiger partial charge in [0.15, 0.2) is 0 Å². The summed E-state index contributed by atoms with van der Waals surface area (Å²) in [6, 6.07) is 7.79. The lowest BCUT2D eigenvalue weighted by Crippen LogP contribution is -2.58. The molecule has 5 N–H and O–H groups in total. The maximum atomic E-state index is 10.2. The second-order valence-electron chi connectivity index (χ2n) is 7.49. The largest absolute Gasteiger partial charge is 0.394 e. The lowest BCUT2D eigenvalue weighted by atomic mass is 9.95. The fourth-order valence-corrected chi connectivity index (χ4v) is 3.78. The molecule has 1 aliphatic rings. The lowest BCUT2D eigenvalue weighted by Gasteiger charge is -2.37. The predicted molar refractivity (Wildman–Crippen MR) is 111 cm³/mol. The maximum Gasteiger partial charge on any atom is 0.147 e. The van der Waals surface area contributed by atoms with Crippen molar-refractivity contribution in [3.63, 3.8) is 0 Å². The first kappa shape index (κ1) is 19.7. The topological polar surface area (TPSA) is 136 Å². The van der Waals surface area contributed by atoms with Crippen LogP contribution < -0.4 is 0 Å². The molecule has 0 aliphatic carbocycles. The van der Waals surface area contributed by atoms with Gasteiger partial charge in [-0.05, 0) is 35.4 Å². The van der Waals surface area contributed by atoms with E-state index in [1.54, 1.807) is 12.4 Å². The second kappa shape index (κ2) is 7.77. The molecule has 158 valence electrons. The van der Waals surface area contributed by atoms with Crippen LogP contribution in [0, 0.1) is 11.8 Å². The van der Waals surface area contributed by atoms with E-state index in [1.807, 2.05) is 41.1 Å². The molecule has 1 saturated heterocycles. The first-order chi connectivity index (χ1) is 15.0. The van der Waals surface area contributed by atoms with Crippen LogP contribution in [0.4, 0.5) is 0 Å². The van der Waals surface area contributed by atoms with Crippen LogP contribution in [0.1, 0.15) is 5.56 Å². The summed E-state index contributed by atoms with van der Waals surface area (Å²) in [7, 11) is 0. The van der Waals surface area contributed by atoms with Crippen molar-refractivity contribution < 1.29 is 25.2 Å². The van der Waals surface area contributed by atoms with E-state index < -0.39 is 37.1 Å². The van der Waals surface area contributed by atoms with E-state index in [9.17, 15) is 20.4 Å². The van der Waals surface area contributed by atoms with Crippen LogP contribution in [0.25, 0.3) is 27.7 Å². The van der Waals surface area contributed by atoms with Gasteiger partial charge in [0.25, 0.3) is 0 Å². The van der Waals surface area contributed by atoms with Crippen LogP contribution in [0.3, 0.4) is 0 Å². The van der Waals surface area contributed by atoms with Crippen LogP contribution in [0.15, 0.2) is 49.1 Å². The second-order valence-corrected chi connectivity index (χ2v) is 7.49. The molecule has 0 bridgehead atoms. The van der Waals surface area contributed by atoms with Gasteiger partial charge >= 0.3 is 0 Å². The Hall–Kier alpha value is -3.26. The fraction of sp³-hybridized carbons (Fsp3) is 0.273. The van der Waals surface area contributed by atoms with Gasteiger partial charge in [-0.1, -0.05) is 11.8 Å². The molecule has 3 aromatic heterocycles. The molecule has 0 spiro atoms. The minimum atomic E-state index is -1.47. The quantitative estimate of drug-likeness (QED) is 0.290. The van der Waals surface area contributed by atoms with Gasteiger partial charge in [0, 0.05) is 24.0 Å². The number of imidazole rings is 1. The first-order valence-corrected chi connectivity index (χ1v) is 9.77. The van der Waals surface area contributed by atoms with E-state index in [0.717, 1.165) is 27.7 Å². The average Bonchev–Trinajstić information content (AvgIpc) is 3.45. The molecular formula is C22H20N4O5. The van der Waals surface area contributed by atoms with Crippen molar-refractivity contribution in [2.75, 3.05) is 6.61 Å². The zero-order chi connectivity index (χ0) is 21.5. The van der Waals surface area contributed by atoms with Gasteiger partial charge in [0.2, 0.25) is 0 Å². The summed E-state index contributed by atoms with van der Waals surface area (Å²) in [6.45, 7) is -0.500. The van der Waals surface area contributed by atoms with Gasteiger partial charge < -0.3 is 29.6 Å². The third kappa shape index (κ3) is 3.46. The first-order valence-electron chi connectivity index (χ1n) is 9.77. The molecule has 4 heterocycles. The Morgan fingerprint density at radius 3 is 2.81 bits per heavy atom. The Labute approximate surface area is 176 Å². The number of pyridine rings is 1. The van der Waals surface area contributed by atoms with Crippen LogP contribution >= 0.6 is 0 Å². The van der Waals surface area contributed by atoms with E-state index in [1.165, 1.54) is 0 Å². The highest BCUT2D eigenvalue weighted by Crippen LogP contribution is 2.27. The SMILES string of the molecule is OC[C@H]1O[C@H](C#Cc2cc(-c3ccc4nccn4c3)cc3cn[nH]c23)[C@@H](O)[C@@H](O)[C@@H]1O. The third-order valence-corrected chi connectivity index (χ3v) is 5.51. The number of H-pyrrole nitrogens is 1. The van der Waals surface area contributed by atoms with E-state index in [4.69, 9.17) is 4.74 Å². The molecule has 5 rings (SSSR count).